The lowest BCUT2D eigenvalue weighted by atomic mass is 9.86. The topological polar surface area (TPSA) is 37.3 Å². The molecule has 0 heterocycles. The van der Waals surface area contributed by atoms with Gasteiger partial charge in [-0.15, -0.1) is 0 Å². The first-order valence-electron chi connectivity index (χ1n) is 5.49. The Balaban J connectivity index is 1.89. The molecule has 0 unspecified atom stereocenters. The quantitative estimate of drug-likeness (QED) is 0.507. The van der Waals surface area contributed by atoms with E-state index in [1.165, 1.54) is 6.42 Å². The summed E-state index contributed by atoms with van der Waals surface area (Å²) in [6.07, 6.45) is 7.01. The van der Waals surface area contributed by atoms with Gasteiger partial charge in [0.25, 0.3) is 0 Å². The number of ketones is 1. The van der Waals surface area contributed by atoms with Gasteiger partial charge in [-0.3, -0.25) is 4.79 Å². The van der Waals surface area contributed by atoms with Gasteiger partial charge >= 0.3 is 0 Å². The maximum absolute atomic E-state index is 11.6. The molecule has 0 aliphatic heterocycles. The van der Waals surface area contributed by atoms with Crippen LogP contribution in [0.3, 0.4) is 0 Å². The number of Topliss-reactive ketones (excluding diaryl/α,β-unsaturated/α-hetero) is 1. The molecule has 2 aliphatic rings. The van der Waals surface area contributed by atoms with Gasteiger partial charge in [0.05, 0.1) is 0 Å². The third-order valence-corrected chi connectivity index (χ3v) is 3.12. The SMILES string of the molecule is O=C(C#CC1(O)CC1)C1CCCCC1. The Bertz CT molecular complexity index is 285. The zero-order valence-electron chi connectivity index (χ0n) is 8.38. The highest BCUT2D eigenvalue weighted by Gasteiger charge is 2.38. The molecular weight excluding hydrogens is 176 g/mol. The summed E-state index contributed by atoms with van der Waals surface area (Å²) in [4.78, 5) is 11.6. The lowest BCUT2D eigenvalue weighted by Crippen LogP contribution is -2.16. The zero-order chi connectivity index (χ0) is 10.0. The Morgan fingerprint density at radius 2 is 1.86 bits per heavy atom. The molecule has 1 N–H and O–H groups in total. The molecule has 0 aromatic carbocycles. The number of carbonyl (C=O) groups excluding carboxylic acids is 1. The van der Waals surface area contributed by atoms with Crippen molar-refractivity contribution in [2.24, 2.45) is 5.92 Å². The molecule has 0 atom stereocenters. The minimum absolute atomic E-state index is 0.0463. The van der Waals surface area contributed by atoms with Gasteiger partial charge in [0.15, 0.2) is 0 Å². The van der Waals surface area contributed by atoms with Crippen LogP contribution in [-0.2, 0) is 4.79 Å². The predicted molar refractivity (Wildman–Crippen MR) is 53.5 cm³/mol. The highest BCUT2D eigenvalue weighted by molar-refractivity contribution is 5.97. The lowest BCUT2D eigenvalue weighted by molar-refractivity contribution is -0.118. The molecule has 0 aromatic heterocycles. The Labute approximate surface area is 84.7 Å². The average molecular weight is 192 g/mol. The van der Waals surface area contributed by atoms with Crippen molar-refractivity contribution in [3.63, 3.8) is 0 Å². The maximum Gasteiger partial charge on any atom is 0.208 e. The third kappa shape index (κ3) is 2.36. The van der Waals surface area contributed by atoms with Crippen LogP contribution in [0, 0.1) is 17.8 Å². The van der Waals surface area contributed by atoms with E-state index in [1.807, 2.05) is 0 Å². The van der Waals surface area contributed by atoms with E-state index in [-0.39, 0.29) is 11.7 Å². The van der Waals surface area contributed by atoms with Crippen molar-refractivity contribution >= 4 is 5.78 Å². The second-order valence-electron chi connectivity index (χ2n) is 4.48. The van der Waals surface area contributed by atoms with Crippen LogP contribution in [0.25, 0.3) is 0 Å². The van der Waals surface area contributed by atoms with Crippen molar-refractivity contribution in [3.05, 3.63) is 0 Å². The van der Waals surface area contributed by atoms with E-state index in [2.05, 4.69) is 11.8 Å². The average Bonchev–Trinajstić information content (AvgIpc) is 2.95. The Kier molecular flexibility index (Phi) is 2.60. The number of aliphatic hydroxyl groups is 1. The first-order valence-corrected chi connectivity index (χ1v) is 5.49. The minimum atomic E-state index is -0.801. The molecule has 2 nitrogen and oxygen atoms in total. The zero-order valence-corrected chi connectivity index (χ0v) is 8.38. The van der Waals surface area contributed by atoms with E-state index < -0.39 is 5.60 Å². The van der Waals surface area contributed by atoms with Gasteiger partial charge in [-0.2, -0.15) is 0 Å². The van der Waals surface area contributed by atoms with E-state index >= 15 is 0 Å². The third-order valence-electron chi connectivity index (χ3n) is 3.12. The van der Waals surface area contributed by atoms with Crippen molar-refractivity contribution in [1.82, 2.24) is 0 Å². The Hall–Kier alpha value is -0.810. The summed E-state index contributed by atoms with van der Waals surface area (Å²) in [6, 6.07) is 0. The summed E-state index contributed by atoms with van der Waals surface area (Å²) in [5, 5.41) is 9.45. The van der Waals surface area contributed by atoms with Gasteiger partial charge in [0.2, 0.25) is 5.78 Å². The summed E-state index contributed by atoms with van der Waals surface area (Å²) in [5.41, 5.74) is -0.801. The standard InChI is InChI=1S/C12H16O2/c13-11(6-7-12(14)8-9-12)10-4-2-1-3-5-10/h10,14H,1-5,8-9H2. The molecule has 2 saturated carbocycles. The van der Waals surface area contributed by atoms with Crippen molar-refractivity contribution in [2.75, 3.05) is 0 Å². The van der Waals surface area contributed by atoms with Gasteiger partial charge in [0, 0.05) is 5.92 Å². The summed E-state index contributed by atoms with van der Waals surface area (Å²) >= 11 is 0. The number of hydrogen-bond donors (Lipinski definition) is 1. The van der Waals surface area contributed by atoms with Crippen LogP contribution in [-0.4, -0.2) is 16.5 Å². The van der Waals surface area contributed by atoms with E-state index in [9.17, 15) is 9.90 Å². The summed E-state index contributed by atoms with van der Waals surface area (Å²) in [7, 11) is 0. The van der Waals surface area contributed by atoms with Crippen LogP contribution in [0.2, 0.25) is 0 Å². The maximum atomic E-state index is 11.6. The minimum Gasteiger partial charge on any atom is -0.378 e. The molecule has 0 aromatic rings. The Morgan fingerprint density at radius 1 is 1.21 bits per heavy atom. The molecular formula is C12H16O2. The largest absolute Gasteiger partial charge is 0.378 e. The van der Waals surface area contributed by atoms with Crippen molar-refractivity contribution < 1.29 is 9.90 Å². The molecule has 2 heteroatoms. The molecule has 2 rings (SSSR count). The molecule has 0 saturated heterocycles. The van der Waals surface area contributed by atoms with Gasteiger partial charge in [0.1, 0.15) is 5.60 Å². The molecule has 0 amide bonds. The summed E-state index contributed by atoms with van der Waals surface area (Å²) < 4.78 is 0. The van der Waals surface area contributed by atoms with Gasteiger partial charge < -0.3 is 5.11 Å². The van der Waals surface area contributed by atoms with Crippen LogP contribution in [0.4, 0.5) is 0 Å². The highest BCUT2D eigenvalue weighted by Crippen LogP contribution is 2.34. The van der Waals surface area contributed by atoms with Crippen LogP contribution < -0.4 is 0 Å². The second-order valence-corrected chi connectivity index (χ2v) is 4.48. The summed E-state index contributed by atoms with van der Waals surface area (Å²) in [6.45, 7) is 0. The fourth-order valence-corrected chi connectivity index (χ4v) is 1.89. The molecule has 0 bridgehead atoms. The Morgan fingerprint density at radius 3 is 2.43 bits per heavy atom. The smallest absolute Gasteiger partial charge is 0.208 e. The summed E-state index contributed by atoms with van der Waals surface area (Å²) in [5.74, 6) is 5.50. The highest BCUT2D eigenvalue weighted by atomic mass is 16.3. The number of rotatable bonds is 1. The fraction of sp³-hybridized carbons (Fsp3) is 0.750. The van der Waals surface area contributed by atoms with Crippen molar-refractivity contribution in [2.45, 2.75) is 50.5 Å². The van der Waals surface area contributed by atoms with E-state index in [4.69, 9.17) is 0 Å². The van der Waals surface area contributed by atoms with Crippen LogP contribution in [0.1, 0.15) is 44.9 Å². The van der Waals surface area contributed by atoms with Crippen molar-refractivity contribution in [3.8, 4) is 11.8 Å². The first kappa shape index (κ1) is 9.73. The first-order chi connectivity index (χ1) is 6.70. The van der Waals surface area contributed by atoms with Crippen molar-refractivity contribution in [1.29, 1.82) is 0 Å². The molecule has 0 spiro atoms. The molecule has 76 valence electrons. The normalized spacial score (nSPS) is 24.9. The van der Waals surface area contributed by atoms with E-state index in [0.717, 1.165) is 38.5 Å². The van der Waals surface area contributed by atoms with Gasteiger partial charge in [-0.1, -0.05) is 25.2 Å². The van der Waals surface area contributed by atoms with Gasteiger partial charge in [-0.05, 0) is 31.6 Å². The number of hydrogen-bond acceptors (Lipinski definition) is 2. The molecule has 2 fully saturated rings. The van der Waals surface area contributed by atoms with Crippen LogP contribution >= 0.6 is 0 Å². The van der Waals surface area contributed by atoms with Crippen LogP contribution in [0.15, 0.2) is 0 Å². The monoisotopic (exact) mass is 192 g/mol. The lowest BCUT2D eigenvalue weighted by Gasteiger charge is -2.17. The van der Waals surface area contributed by atoms with Gasteiger partial charge in [-0.25, -0.2) is 0 Å². The predicted octanol–water partition coefficient (Wildman–Crippen LogP) is 1.66. The number of carbonyl (C=O) groups is 1. The molecule has 14 heavy (non-hydrogen) atoms. The fourth-order valence-electron chi connectivity index (χ4n) is 1.89. The van der Waals surface area contributed by atoms with E-state index in [1.54, 1.807) is 0 Å². The van der Waals surface area contributed by atoms with Crippen LogP contribution in [0.5, 0.6) is 0 Å². The second kappa shape index (κ2) is 3.74. The van der Waals surface area contributed by atoms with E-state index in [0.29, 0.717) is 0 Å². The molecule has 0 radical (unpaired) electrons. The molecule has 2 aliphatic carbocycles.